The van der Waals surface area contributed by atoms with Crippen LogP contribution in [0.15, 0.2) is 52.7 Å². The van der Waals surface area contributed by atoms with E-state index >= 15 is 0 Å². The smallest absolute Gasteiger partial charge is 0.407 e. The number of aromatic nitrogens is 1. The number of sulfonamides is 1. The van der Waals surface area contributed by atoms with Crippen LogP contribution < -0.4 is 19.5 Å². The van der Waals surface area contributed by atoms with E-state index in [0.29, 0.717) is 30.1 Å². The molecule has 1 aromatic heterocycles. The van der Waals surface area contributed by atoms with Gasteiger partial charge in [0, 0.05) is 18.0 Å². The lowest BCUT2D eigenvalue weighted by Crippen LogP contribution is -2.53. The summed E-state index contributed by atoms with van der Waals surface area (Å²) in [6.07, 6.45) is -2.57. The van der Waals surface area contributed by atoms with Crippen molar-refractivity contribution in [2.75, 3.05) is 46.3 Å². The molecule has 0 radical (unpaired) electrons. The minimum absolute atomic E-state index is 0.00450. The third-order valence-electron chi connectivity index (χ3n) is 9.09. The van der Waals surface area contributed by atoms with Crippen molar-refractivity contribution in [2.24, 2.45) is 11.8 Å². The molecule has 304 valence electrons. The third kappa shape index (κ3) is 10.9. The molecule has 2 saturated heterocycles. The van der Waals surface area contributed by atoms with Gasteiger partial charge < -0.3 is 48.3 Å². The maximum Gasteiger partial charge on any atom is 0.407 e. The number of aryl methyl sites for hydroxylation is 1. The van der Waals surface area contributed by atoms with Crippen molar-refractivity contribution in [2.45, 2.75) is 69.7 Å². The van der Waals surface area contributed by atoms with Crippen molar-refractivity contribution >= 4 is 39.4 Å². The molecule has 56 heavy (non-hydrogen) atoms. The van der Waals surface area contributed by atoms with E-state index in [1.165, 1.54) is 33.8 Å². The van der Waals surface area contributed by atoms with Gasteiger partial charge >= 0.3 is 18.0 Å². The van der Waals surface area contributed by atoms with Crippen LogP contribution in [0.3, 0.4) is 0 Å². The van der Waals surface area contributed by atoms with Gasteiger partial charge in [-0.15, -0.1) is 11.3 Å². The number of ether oxygens (including phenoxy) is 8. The highest BCUT2D eigenvalue weighted by Crippen LogP contribution is 2.35. The van der Waals surface area contributed by atoms with E-state index in [-0.39, 0.29) is 55.5 Å². The number of aliphatic carboxylic acids is 1. The number of hydrogen-bond acceptors (Lipinski definition) is 15. The zero-order valence-electron chi connectivity index (χ0n) is 31.1. The number of carboxylic acids is 1. The minimum Gasteiger partial charge on any atom is -0.487 e. The van der Waals surface area contributed by atoms with Gasteiger partial charge in [0.15, 0.2) is 17.8 Å². The van der Waals surface area contributed by atoms with Crippen LogP contribution in [0.4, 0.5) is 4.79 Å². The standard InChI is InChI=1S/C37H45N3O14S2/c1-22(2)14-40(56(45,46)27-8-9-30-31(13-27)52-21-51-30)15-32(53-35(43)19-47-18-34(41)42)29(39-37(44)54-33-17-50-36-28(33)10-11-48-36)12-24-4-6-26(7-5-24)49-16-25-20-55-23(3)38-25/h4-9,13,20,22,28-29,32-33,36H,10-12,14-19,21H2,1-3H3,(H,39,44)(H,41,42)/t28-,29-,32+,33-,36+/m0/s1. The Morgan fingerprint density at radius 3 is 2.57 bits per heavy atom. The molecule has 3 aromatic rings. The monoisotopic (exact) mass is 819 g/mol. The van der Waals surface area contributed by atoms with E-state index < -0.39 is 72.4 Å². The Balaban J connectivity index is 1.28. The van der Waals surface area contributed by atoms with E-state index in [9.17, 15) is 22.8 Å². The second-order valence-corrected chi connectivity index (χ2v) is 16.9. The molecule has 1 amide bonds. The van der Waals surface area contributed by atoms with Gasteiger partial charge in [-0.1, -0.05) is 26.0 Å². The van der Waals surface area contributed by atoms with Gasteiger partial charge in [-0.3, -0.25) is 0 Å². The highest BCUT2D eigenvalue weighted by Gasteiger charge is 2.44. The summed E-state index contributed by atoms with van der Waals surface area (Å²) in [6, 6.07) is 10.2. The normalized spacial score (nSPS) is 19.8. The number of alkyl carbamates (subject to hydrolysis) is 1. The van der Waals surface area contributed by atoms with Gasteiger partial charge in [-0.25, -0.2) is 27.8 Å². The lowest BCUT2D eigenvalue weighted by molar-refractivity contribution is -0.158. The second kappa shape index (κ2) is 18.6. The van der Waals surface area contributed by atoms with E-state index in [4.69, 9.17) is 43.0 Å². The molecule has 2 N–H and O–H groups in total. The van der Waals surface area contributed by atoms with Crippen molar-refractivity contribution < 1.29 is 65.8 Å². The van der Waals surface area contributed by atoms with Crippen molar-refractivity contribution in [1.29, 1.82) is 0 Å². The molecular formula is C37H45N3O14S2. The summed E-state index contributed by atoms with van der Waals surface area (Å²) in [5.41, 5.74) is 1.47. The molecule has 0 bridgehead atoms. The highest BCUT2D eigenvalue weighted by molar-refractivity contribution is 7.89. The first-order valence-electron chi connectivity index (χ1n) is 18.1. The molecule has 3 aliphatic heterocycles. The topological polar surface area (TPSA) is 208 Å². The zero-order chi connectivity index (χ0) is 39.8. The number of carboxylic acid groups (broad SMARTS) is 1. The van der Waals surface area contributed by atoms with E-state index in [0.717, 1.165) is 10.7 Å². The van der Waals surface area contributed by atoms with E-state index in [1.807, 2.05) is 26.2 Å². The van der Waals surface area contributed by atoms with Crippen LogP contribution in [-0.2, 0) is 56.3 Å². The maximum absolute atomic E-state index is 14.3. The number of carbonyl (C=O) groups is 3. The number of amides is 1. The first-order valence-corrected chi connectivity index (χ1v) is 20.4. The molecule has 19 heteroatoms. The Bertz CT molecular complexity index is 1940. The summed E-state index contributed by atoms with van der Waals surface area (Å²) in [5, 5.41) is 14.7. The lowest BCUT2D eigenvalue weighted by atomic mass is 10.0. The molecule has 0 saturated carbocycles. The summed E-state index contributed by atoms with van der Waals surface area (Å²) in [7, 11) is -4.27. The Morgan fingerprint density at radius 1 is 1.05 bits per heavy atom. The fourth-order valence-electron chi connectivity index (χ4n) is 6.49. The molecular weight excluding hydrogens is 775 g/mol. The summed E-state index contributed by atoms with van der Waals surface area (Å²) < 4.78 is 74.4. The number of nitrogens with zero attached hydrogens (tertiary/aromatic N) is 2. The first-order chi connectivity index (χ1) is 26.8. The predicted octanol–water partition coefficient (Wildman–Crippen LogP) is 3.52. The SMILES string of the molecule is Cc1nc(COc2ccc(C[C@H](NC(=O)O[C@H]3CO[C@H]4OCC[C@H]43)[C@@H](CN(CC(C)C)S(=O)(=O)c3ccc4c(c3)OCO4)OC(=O)COCC(=O)O)cc2)cs1. The summed E-state index contributed by atoms with van der Waals surface area (Å²) in [6.45, 7) is 4.46. The van der Waals surface area contributed by atoms with Crippen LogP contribution in [0.2, 0.25) is 0 Å². The number of thiazole rings is 1. The molecule has 0 spiro atoms. The third-order valence-corrected chi connectivity index (χ3v) is 11.7. The van der Waals surface area contributed by atoms with Crippen LogP contribution >= 0.6 is 11.3 Å². The molecule has 17 nitrogen and oxygen atoms in total. The van der Waals surface area contributed by atoms with E-state index in [1.54, 1.807) is 24.3 Å². The molecule has 2 aromatic carbocycles. The van der Waals surface area contributed by atoms with Crippen molar-refractivity contribution in [3.05, 3.63) is 64.1 Å². The molecule has 5 atom stereocenters. The molecule has 0 unspecified atom stereocenters. The van der Waals surface area contributed by atoms with Crippen molar-refractivity contribution in [3.63, 3.8) is 0 Å². The van der Waals surface area contributed by atoms with Crippen LogP contribution in [0.25, 0.3) is 0 Å². The van der Waals surface area contributed by atoms with Gasteiger partial charge in [-0.2, -0.15) is 4.31 Å². The minimum atomic E-state index is -4.27. The fourth-order valence-corrected chi connectivity index (χ4v) is 8.72. The van der Waals surface area contributed by atoms with Crippen molar-refractivity contribution in [3.8, 4) is 17.2 Å². The average molecular weight is 820 g/mol. The van der Waals surface area contributed by atoms with Crippen LogP contribution in [0.5, 0.6) is 17.2 Å². The van der Waals surface area contributed by atoms with Crippen LogP contribution in [0, 0.1) is 18.8 Å². The number of fused-ring (bicyclic) bond motifs is 2. The Labute approximate surface area is 328 Å². The Kier molecular flexibility index (Phi) is 13.7. The van der Waals surface area contributed by atoms with Gasteiger partial charge in [0.1, 0.15) is 37.8 Å². The summed E-state index contributed by atoms with van der Waals surface area (Å²) in [4.78, 5) is 42.3. The second-order valence-electron chi connectivity index (χ2n) is 13.9. The van der Waals surface area contributed by atoms with Gasteiger partial charge in [-0.05, 0) is 55.5 Å². The highest BCUT2D eigenvalue weighted by atomic mass is 32.2. The number of benzene rings is 2. The number of hydrogen-bond donors (Lipinski definition) is 2. The van der Waals surface area contributed by atoms with Gasteiger partial charge in [0.25, 0.3) is 0 Å². The molecule has 0 aliphatic carbocycles. The summed E-state index contributed by atoms with van der Waals surface area (Å²) in [5.74, 6) is -1.39. The number of nitrogens with one attached hydrogen (secondary N) is 1. The first kappa shape index (κ1) is 41.1. The quantitative estimate of drug-likeness (QED) is 0.166. The molecule has 2 fully saturated rings. The maximum atomic E-state index is 14.3. The predicted molar refractivity (Wildman–Crippen MR) is 197 cm³/mol. The lowest BCUT2D eigenvalue weighted by Gasteiger charge is -2.33. The van der Waals surface area contributed by atoms with Gasteiger partial charge in [0.05, 0.1) is 47.3 Å². The molecule has 4 heterocycles. The van der Waals surface area contributed by atoms with E-state index in [2.05, 4.69) is 10.3 Å². The molecule has 3 aliphatic rings. The average Bonchev–Trinajstić information content (AvgIpc) is 3.97. The number of rotatable bonds is 19. The van der Waals surface area contributed by atoms with Crippen LogP contribution in [-0.4, -0.2) is 112 Å². The van der Waals surface area contributed by atoms with Gasteiger partial charge in [0.2, 0.25) is 16.8 Å². The van der Waals surface area contributed by atoms with Crippen molar-refractivity contribution in [1.82, 2.24) is 14.6 Å². The number of esters is 1. The van der Waals surface area contributed by atoms with Crippen LogP contribution in [0.1, 0.15) is 36.5 Å². The largest absolute Gasteiger partial charge is 0.487 e. The zero-order valence-corrected chi connectivity index (χ0v) is 32.8. The molecule has 6 rings (SSSR count). The summed E-state index contributed by atoms with van der Waals surface area (Å²) >= 11 is 1.52. The Hall–Kier alpha value is -4.53. The number of carbonyl (C=O) groups excluding carboxylic acids is 2. The fraction of sp³-hybridized carbons (Fsp3) is 0.514. The Morgan fingerprint density at radius 2 is 1.84 bits per heavy atom.